The van der Waals surface area contributed by atoms with Crippen molar-refractivity contribution in [3.63, 3.8) is 0 Å². The van der Waals surface area contributed by atoms with Crippen molar-refractivity contribution in [2.45, 2.75) is 39.5 Å². The van der Waals surface area contributed by atoms with Crippen LogP contribution in [-0.2, 0) is 27.2 Å². The van der Waals surface area contributed by atoms with E-state index in [1.165, 1.54) is 5.56 Å². The van der Waals surface area contributed by atoms with Crippen molar-refractivity contribution in [2.24, 2.45) is 0 Å². The topological polar surface area (TPSA) is 86.3 Å². The molecule has 32 heavy (non-hydrogen) atoms. The van der Waals surface area contributed by atoms with Gasteiger partial charge in [-0.2, -0.15) is 0 Å². The molecule has 2 rings (SSSR count). The molecule has 0 radical (unpaired) electrons. The van der Waals surface area contributed by atoms with Crippen molar-refractivity contribution in [1.82, 2.24) is 5.32 Å². The van der Waals surface area contributed by atoms with Crippen LogP contribution in [0.5, 0.6) is 0 Å². The van der Waals surface area contributed by atoms with Crippen LogP contribution in [0.25, 0.3) is 0 Å². The van der Waals surface area contributed by atoms with Crippen LogP contribution >= 0.6 is 0 Å². The third kappa shape index (κ3) is 11.2. The van der Waals surface area contributed by atoms with E-state index in [4.69, 9.17) is 0 Å². The van der Waals surface area contributed by atoms with Crippen LogP contribution in [0.2, 0.25) is 0 Å². The molecule has 2 aromatic carbocycles. The van der Waals surface area contributed by atoms with E-state index in [9.17, 15) is 17.8 Å². The minimum atomic E-state index is -4.13. The number of quaternary nitrogens is 1. The molecule has 7 heteroatoms. The minimum Gasteiger partial charge on any atom is -0.748 e. The Morgan fingerprint density at radius 3 is 1.91 bits per heavy atom. The maximum absolute atomic E-state index is 11.5. The van der Waals surface area contributed by atoms with Gasteiger partial charge in [-0.25, -0.2) is 8.42 Å². The molecule has 0 atom stereocenters. The molecule has 0 saturated heterocycles. The van der Waals surface area contributed by atoms with Gasteiger partial charge in [-0.3, -0.25) is 4.79 Å². The first kappa shape index (κ1) is 27.6. The van der Waals surface area contributed by atoms with Crippen LogP contribution < -0.4 is 5.32 Å². The summed E-state index contributed by atoms with van der Waals surface area (Å²) < 4.78 is 31.8. The fourth-order valence-corrected chi connectivity index (χ4v) is 3.96. The quantitative estimate of drug-likeness (QED) is 0.239. The first-order chi connectivity index (χ1) is 15.1. The predicted octanol–water partition coefficient (Wildman–Crippen LogP) is 3.86. The lowest BCUT2D eigenvalue weighted by atomic mass is 10.1. The summed E-state index contributed by atoms with van der Waals surface area (Å²) in [4.78, 5) is 11.5. The highest BCUT2D eigenvalue weighted by Gasteiger charge is 2.23. The average Bonchev–Trinajstić information content (AvgIpc) is 2.76. The number of hydrogen-bond donors (Lipinski definition) is 1. The summed E-state index contributed by atoms with van der Waals surface area (Å²) in [5.41, 5.74) is 2.49. The molecule has 0 unspecified atom stereocenters. The minimum absolute atomic E-state index is 0.0378. The van der Waals surface area contributed by atoms with Crippen LogP contribution in [0.4, 0.5) is 0 Å². The van der Waals surface area contributed by atoms with E-state index in [1.54, 1.807) is 37.3 Å². The van der Waals surface area contributed by atoms with Gasteiger partial charge in [0.25, 0.3) is 0 Å². The van der Waals surface area contributed by atoms with Crippen LogP contribution in [0.3, 0.4) is 0 Å². The number of benzene rings is 2. The Bertz CT molecular complexity index is 925. The molecule has 1 N–H and O–H groups in total. The van der Waals surface area contributed by atoms with E-state index in [1.807, 2.05) is 0 Å². The Balaban J connectivity index is 0.000000389. The van der Waals surface area contributed by atoms with Gasteiger partial charge >= 0.3 is 0 Å². The SMILES string of the molecule is C=C(C)C(=O)NCCC[N+](CC)(CC)Cc1ccccc1.O=S(=O)([O-])Cc1ccccc1. The molecule has 0 fully saturated rings. The Kier molecular flexibility index (Phi) is 11.9. The molecule has 0 spiro atoms. The molecule has 0 aliphatic carbocycles. The molecule has 0 bridgehead atoms. The van der Waals surface area contributed by atoms with Crippen molar-refractivity contribution in [2.75, 3.05) is 26.2 Å². The summed E-state index contributed by atoms with van der Waals surface area (Å²) in [6, 6.07) is 19.0. The summed E-state index contributed by atoms with van der Waals surface area (Å²) in [6.45, 7) is 15.0. The molecule has 0 aliphatic heterocycles. The van der Waals surface area contributed by atoms with Gasteiger partial charge in [-0.05, 0) is 26.3 Å². The fourth-order valence-electron chi connectivity index (χ4n) is 3.36. The molecule has 0 saturated carbocycles. The third-order valence-corrected chi connectivity index (χ3v) is 6.06. The molecule has 1 amide bonds. The number of carbonyl (C=O) groups excluding carboxylic acids is 1. The van der Waals surface area contributed by atoms with Crippen molar-refractivity contribution < 1.29 is 22.2 Å². The van der Waals surface area contributed by atoms with E-state index >= 15 is 0 Å². The lowest BCUT2D eigenvalue weighted by Gasteiger charge is -2.37. The Hall–Kier alpha value is -2.48. The van der Waals surface area contributed by atoms with Gasteiger partial charge in [0.2, 0.25) is 5.91 Å². The molecular weight excluding hydrogens is 424 g/mol. The zero-order valence-corrected chi connectivity index (χ0v) is 20.2. The summed E-state index contributed by atoms with van der Waals surface area (Å²) in [6.07, 6.45) is 0.994. The van der Waals surface area contributed by atoms with Crippen molar-refractivity contribution in [1.29, 1.82) is 0 Å². The lowest BCUT2D eigenvalue weighted by molar-refractivity contribution is -0.937. The summed E-state index contributed by atoms with van der Waals surface area (Å²) in [5, 5.41) is 2.92. The highest BCUT2D eigenvalue weighted by Crippen LogP contribution is 2.15. The standard InChI is InChI=1S/C18H28N2O.C7H8O3S/c1-5-20(6-2,15-17-11-8-7-9-12-17)14-10-13-19-18(21)16(3)4;8-11(9,10)6-7-4-2-1-3-5-7/h7-9,11-12H,3,5-6,10,13-15H2,1-2,4H3;1-5H,6H2,(H,8,9,10). The van der Waals surface area contributed by atoms with Gasteiger partial charge in [0.1, 0.15) is 6.54 Å². The molecule has 6 nitrogen and oxygen atoms in total. The first-order valence-corrected chi connectivity index (χ1v) is 12.5. The monoisotopic (exact) mass is 460 g/mol. The van der Waals surface area contributed by atoms with Crippen molar-refractivity contribution in [3.8, 4) is 0 Å². The Labute approximate surface area is 193 Å². The Morgan fingerprint density at radius 2 is 1.47 bits per heavy atom. The zero-order valence-electron chi connectivity index (χ0n) is 19.4. The number of rotatable bonds is 11. The second kappa shape index (κ2) is 13.8. The molecule has 0 heterocycles. The van der Waals surface area contributed by atoms with Crippen LogP contribution in [0.1, 0.15) is 38.3 Å². The van der Waals surface area contributed by atoms with E-state index in [0.717, 1.165) is 43.6 Å². The molecular formula is C25H36N2O4S. The second-order valence-electron chi connectivity index (χ2n) is 7.92. The number of hydrogen-bond acceptors (Lipinski definition) is 4. The molecule has 2 aromatic rings. The average molecular weight is 461 g/mol. The van der Waals surface area contributed by atoms with Gasteiger partial charge in [-0.15, -0.1) is 0 Å². The highest BCUT2D eigenvalue weighted by atomic mass is 32.2. The number of carbonyl (C=O) groups is 1. The largest absolute Gasteiger partial charge is 0.748 e. The maximum atomic E-state index is 11.5. The number of nitrogens with one attached hydrogen (secondary N) is 1. The predicted molar refractivity (Wildman–Crippen MR) is 129 cm³/mol. The fraction of sp³-hybridized carbons (Fsp3) is 0.400. The van der Waals surface area contributed by atoms with Gasteiger partial charge in [-0.1, -0.05) is 67.2 Å². The van der Waals surface area contributed by atoms with Gasteiger partial charge in [0, 0.05) is 24.1 Å². The molecule has 0 aliphatic rings. The number of nitrogens with zero attached hydrogens (tertiary/aromatic N) is 1. The van der Waals surface area contributed by atoms with E-state index in [0.29, 0.717) is 11.1 Å². The van der Waals surface area contributed by atoms with E-state index in [2.05, 4.69) is 56.1 Å². The summed E-state index contributed by atoms with van der Waals surface area (Å²) in [7, 11) is -4.13. The van der Waals surface area contributed by atoms with Gasteiger partial charge in [0.05, 0.1) is 35.5 Å². The molecule has 176 valence electrons. The third-order valence-electron chi connectivity index (χ3n) is 5.37. The van der Waals surface area contributed by atoms with Crippen molar-refractivity contribution in [3.05, 3.63) is 83.9 Å². The van der Waals surface area contributed by atoms with Crippen molar-refractivity contribution >= 4 is 16.0 Å². The summed E-state index contributed by atoms with van der Waals surface area (Å²) in [5.74, 6) is -0.461. The number of amides is 1. The van der Waals surface area contributed by atoms with Gasteiger partial charge < -0.3 is 14.4 Å². The smallest absolute Gasteiger partial charge is 0.246 e. The van der Waals surface area contributed by atoms with E-state index < -0.39 is 15.9 Å². The first-order valence-electron chi connectivity index (χ1n) is 10.9. The second-order valence-corrected chi connectivity index (χ2v) is 9.32. The normalized spacial score (nSPS) is 11.2. The van der Waals surface area contributed by atoms with Crippen LogP contribution in [0.15, 0.2) is 72.8 Å². The van der Waals surface area contributed by atoms with Crippen LogP contribution in [0, 0.1) is 0 Å². The maximum Gasteiger partial charge on any atom is 0.246 e. The molecule has 0 aromatic heterocycles. The lowest BCUT2D eigenvalue weighted by Crippen LogP contribution is -2.48. The zero-order chi connectivity index (χ0) is 24.0. The Morgan fingerprint density at radius 1 is 0.969 bits per heavy atom. The van der Waals surface area contributed by atoms with E-state index in [-0.39, 0.29) is 5.91 Å². The van der Waals surface area contributed by atoms with Gasteiger partial charge in [0.15, 0.2) is 0 Å². The summed E-state index contributed by atoms with van der Waals surface area (Å²) >= 11 is 0. The van der Waals surface area contributed by atoms with Crippen LogP contribution in [-0.4, -0.2) is 49.5 Å². The highest BCUT2D eigenvalue weighted by molar-refractivity contribution is 7.84.